The van der Waals surface area contributed by atoms with Gasteiger partial charge in [-0.2, -0.15) is 0 Å². The molecule has 1 aliphatic carbocycles. The van der Waals surface area contributed by atoms with E-state index in [-0.39, 0.29) is 0 Å². The van der Waals surface area contributed by atoms with E-state index in [9.17, 15) is 0 Å². The van der Waals surface area contributed by atoms with Crippen LogP contribution in [0.25, 0.3) is 0 Å². The highest BCUT2D eigenvalue weighted by atomic mass is 15.2. The Labute approximate surface area is 114 Å². The summed E-state index contributed by atoms with van der Waals surface area (Å²) in [5.74, 6) is 2.06. The maximum atomic E-state index is 6.32. The number of benzene rings is 1. The zero-order chi connectivity index (χ0) is 13.2. The van der Waals surface area contributed by atoms with Crippen molar-refractivity contribution >= 4 is 5.82 Å². The first-order chi connectivity index (χ1) is 9.29. The van der Waals surface area contributed by atoms with Crippen LogP contribution in [0.4, 0.5) is 5.82 Å². The molecule has 3 heteroatoms. The van der Waals surface area contributed by atoms with Gasteiger partial charge in [0.2, 0.25) is 0 Å². The van der Waals surface area contributed by atoms with Gasteiger partial charge in [-0.25, -0.2) is 4.98 Å². The van der Waals surface area contributed by atoms with Gasteiger partial charge in [-0.15, -0.1) is 0 Å². The smallest absolute Gasteiger partial charge is 0.127 e. The van der Waals surface area contributed by atoms with Gasteiger partial charge in [-0.05, 0) is 24.8 Å². The van der Waals surface area contributed by atoms with Crippen molar-refractivity contribution in [2.24, 2.45) is 0 Å². The highest BCUT2D eigenvalue weighted by Gasteiger charge is 2.29. The van der Waals surface area contributed by atoms with Crippen molar-refractivity contribution in [1.29, 1.82) is 0 Å². The molecule has 0 saturated heterocycles. The summed E-state index contributed by atoms with van der Waals surface area (Å²) in [7, 11) is 0. The van der Waals surface area contributed by atoms with Gasteiger partial charge in [0, 0.05) is 18.9 Å². The highest BCUT2D eigenvalue weighted by Crippen LogP contribution is 2.39. The summed E-state index contributed by atoms with van der Waals surface area (Å²) in [5.41, 5.74) is 8.64. The third-order valence-corrected chi connectivity index (χ3v) is 3.70. The lowest BCUT2D eigenvalue weighted by molar-refractivity contribution is 0.676. The van der Waals surface area contributed by atoms with Crippen LogP contribution < -0.4 is 5.73 Å². The Morgan fingerprint density at radius 1 is 1.26 bits per heavy atom. The van der Waals surface area contributed by atoms with Crippen LogP contribution in [-0.4, -0.2) is 9.55 Å². The molecule has 0 radical (unpaired) electrons. The van der Waals surface area contributed by atoms with Gasteiger partial charge in [-0.1, -0.05) is 37.3 Å². The van der Waals surface area contributed by atoms with Crippen LogP contribution in [-0.2, 0) is 12.8 Å². The molecule has 0 amide bonds. The number of rotatable bonds is 5. The number of aromatic nitrogens is 2. The van der Waals surface area contributed by atoms with Crippen molar-refractivity contribution in [3.8, 4) is 0 Å². The summed E-state index contributed by atoms with van der Waals surface area (Å²) in [4.78, 5) is 4.79. The minimum atomic E-state index is 0.610. The molecule has 3 rings (SSSR count). The average Bonchev–Trinajstić information content (AvgIpc) is 3.20. The number of nitrogens with zero attached hydrogens (tertiary/aromatic N) is 2. The number of imidazole rings is 1. The van der Waals surface area contributed by atoms with Gasteiger partial charge in [0.05, 0.1) is 5.69 Å². The summed E-state index contributed by atoms with van der Waals surface area (Å²) in [6.07, 6.45) is 5.48. The van der Waals surface area contributed by atoms with Gasteiger partial charge >= 0.3 is 0 Å². The normalized spacial score (nSPS) is 14.8. The summed E-state index contributed by atoms with van der Waals surface area (Å²) in [6, 6.07) is 11.0. The van der Waals surface area contributed by atoms with E-state index in [4.69, 9.17) is 10.7 Å². The molecule has 100 valence electrons. The number of hydrogen-bond acceptors (Lipinski definition) is 2. The van der Waals surface area contributed by atoms with E-state index < -0.39 is 0 Å². The zero-order valence-electron chi connectivity index (χ0n) is 11.5. The van der Waals surface area contributed by atoms with Crippen molar-refractivity contribution in [3.05, 3.63) is 47.4 Å². The molecule has 2 aromatic rings. The Morgan fingerprint density at radius 2 is 2.00 bits per heavy atom. The molecule has 0 spiro atoms. The van der Waals surface area contributed by atoms with Gasteiger partial charge < -0.3 is 10.3 Å². The third kappa shape index (κ3) is 2.50. The third-order valence-electron chi connectivity index (χ3n) is 3.70. The van der Waals surface area contributed by atoms with E-state index in [2.05, 4.69) is 35.8 Å². The standard InChI is InChI=1S/C16H21N3/c1-2-6-15-18-14(11-12-7-4-3-5-8-12)16(17)19(15)13-9-10-13/h3-5,7-8,13H,2,6,9-11,17H2,1H3. The Balaban J connectivity index is 1.91. The highest BCUT2D eigenvalue weighted by molar-refractivity contribution is 5.42. The predicted octanol–water partition coefficient (Wildman–Crippen LogP) is 3.34. The molecule has 0 aliphatic heterocycles. The lowest BCUT2D eigenvalue weighted by Gasteiger charge is -2.07. The van der Waals surface area contributed by atoms with E-state index in [1.807, 2.05) is 6.07 Å². The van der Waals surface area contributed by atoms with Crippen LogP contribution in [0.1, 0.15) is 49.3 Å². The molecule has 0 bridgehead atoms. The molecule has 2 N–H and O–H groups in total. The van der Waals surface area contributed by atoms with Crippen LogP contribution in [0.15, 0.2) is 30.3 Å². The lowest BCUT2D eigenvalue weighted by Crippen LogP contribution is -2.05. The minimum Gasteiger partial charge on any atom is -0.384 e. The molecule has 1 fully saturated rings. The second kappa shape index (κ2) is 5.08. The van der Waals surface area contributed by atoms with E-state index in [1.165, 1.54) is 24.2 Å². The summed E-state index contributed by atoms with van der Waals surface area (Å²) in [6.45, 7) is 2.19. The topological polar surface area (TPSA) is 43.8 Å². The SMILES string of the molecule is CCCc1nc(Cc2ccccc2)c(N)n1C1CC1. The number of aryl methyl sites for hydroxylation is 1. The first-order valence-corrected chi connectivity index (χ1v) is 7.19. The van der Waals surface area contributed by atoms with Gasteiger partial charge in [-0.3, -0.25) is 0 Å². The van der Waals surface area contributed by atoms with Crippen LogP contribution >= 0.6 is 0 Å². The van der Waals surface area contributed by atoms with E-state index in [0.29, 0.717) is 6.04 Å². The largest absolute Gasteiger partial charge is 0.384 e. The number of nitrogen functional groups attached to an aromatic ring is 1. The van der Waals surface area contributed by atoms with Crippen molar-refractivity contribution < 1.29 is 0 Å². The summed E-state index contributed by atoms with van der Waals surface area (Å²) < 4.78 is 2.28. The second-order valence-corrected chi connectivity index (χ2v) is 5.37. The van der Waals surface area contributed by atoms with Gasteiger partial charge in [0.25, 0.3) is 0 Å². The molecule has 1 aromatic carbocycles. The van der Waals surface area contributed by atoms with Crippen LogP contribution in [0.3, 0.4) is 0 Å². The number of anilines is 1. The number of hydrogen-bond donors (Lipinski definition) is 1. The molecule has 1 heterocycles. The fourth-order valence-electron chi connectivity index (χ4n) is 2.60. The molecule has 1 aromatic heterocycles. The maximum Gasteiger partial charge on any atom is 0.127 e. The predicted molar refractivity (Wildman–Crippen MR) is 78.2 cm³/mol. The van der Waals surface area contributed by atoms with Crippen LogP contribution in [0.5, 0.6) is 0 Å². The Bertz CT molecular complexity index is 553. The molecule has 0 unspecified atom stereocenters. The van der Waals surface area contributed by atoms with Crippen molar-refractivity contribution in [3.63, 3.8) is 0 Å². The van der Waals surface area contributed by atoms with Crippen molar-refractivity contribution in [1.82, 2.24) is 9.55 Å². The molecular weight excluding hydrogens is 234 g/mol. The zero-order valence-corrected chi connectivity index (χ0v) is 11.5. The Morgan fingerprint density at radius 3 is 2.63 bits per heavy atom. The molecule has 3 nitrogen and oxygen atoms in total. The maximum absolute atomic E-state index is 6.32. The lowest BCUT2D eigenvalue weighted by atomic mass is 10.1. The fraction of sp³-hybridized carbons (Fsp3) is 0.438. The molecule has 1 saturated carbocycles. The van der Waals surface area contributed by atoms with Crippen LogP contribution in [0.2, 0.25) is 0 Å². The number of nitrogens with two attached hydrogens (primary N) is 1. The first kappa shape index (κ1) is 12.3. The molecule has 19 heavy (non-hydrogen) atoms. The quantitative estimate of drug-likeness (QED) is 0.890. The van der Waals surface area contributed by atoms with Gasteiger partial charge in [0.1, 0.15) is 11.6 Å². The van der Waals surface area contributed by atoms with E-state index in [1.54, 1.807) is 0 Å². The molecule has 0 atom stereocenters. The first-order valence-electron chi connectivity index (χ1n) is 7.19. The second-order valence-electron chi connectivity index (χ2n) is 5.37. The Kier molecular flexibility index (Phi) is 3.28. The van der Waals surface area contributed by atoms with E-state index >= 15 is 0 Å². The molecular formula is C16H21N3. The monoisotopic (exact) mass is 255 g/mol. The van der Waals surface area contributed by atoms with Crippen molar-refractivity contribution in [2.45, 2.75) is 45.1 Å². The minimum absolute atomic E-state index is 0.610. The van der Waals surface area contributed by atoms with Crippen molar-refractivity contribution in [2.75, 3.05) is 5.73 Å². The Hall–Kier alpha value is -1.77. The van der Waals surface area contributed by atoms with Gasteiger partial charge in [0.15, 0.2) is 0 Å². The van der Waals surface area contributed by atoms with E-state index in [0.717, 1.165) is 30.8 Å². The van der Waals surface area contributed by atoms with Crippen LogP contribution in [0, 0.1) is 0 Å². The summed E-state index contributed by atoms with van der Waals surface area (Å²) in [5, 5.41) is 0. The fourth-order valence-corrected chi connectivity index (χ4v) is 2.60. The average molecular weight is 255 g/mol. The summed E-state index contributed by atoms with van der Waals surface area (Å²) >= 11 is 0. The molecule has 1 aliphatic rings.